The van der Waals surface area contributed by atoms with E-state index in [0.29, 0.717) is 24.2 Å². The van der Waals surface area contributed by atoms with Gasteiger partial charge in [-0.1, -0.05) is 13.3 Å². The molecule has 5 N–H and O–H groups in total. The molecule has 2 aromatic rings. The molecule has 2 heterocycles. The van der Waals surface area contributed by atoms with Gasteiger partial charge in [-0.25, -0.2) is 4.98 Å². The van der Waals surface area contributed by atoms with Crippen LogP contribution in [0.4, 0.5) is 0 Å². The van der Waals surface area contributed by atoms with Gasteiger partial charge in [0.25, 0.3) is 5.56 Å². The summed E-state index contributed by atoms with van der Waals surface area (Å²) in [5.74, 6) is 0. The Morgan fingerprint density at radius 2 is 2.24 bits per heavy atom. The molecule has 0 aromatic carbocycles. The Morgan fingerprint density at radius 3 is 2.76 bits per heavy atom. The molecule has 0 radical (unpaired) electrons. The van der Waals surface area contributed by atoms with Gasteiger partial charge < -0.3 is 20.8 Å². The number of nitrogens with zero attached hydrogens (tertiary/aromatic N) is 1. The first-order valence-electron chi connectivity index (χ1n) is 5.59. The molecule has 0 saturated heterocycles. The highest BCUT2D eigenvalue weighted by Gasteiger charge is 2.04. The third kappa shape index (κ3) is 3.40. The lowest BCUT2D eigenvalue weighted by Gasteiger charge is -1.89. The van der Waals surface area contributed by atoms with E-state index in [1.807, 2.05) is 0 Å². The SMILES string of the molecule is CCCCO.NCc1c[nH]c2c(=O)[nH]cnc12. The van der Waals surface area contributed by atoms with Crippen LogP contribution in [0.2, 0.25) is 0 Å². The summed E-state index contributed by atoms with van der Waals surface area (Å²) in [6.07, 6.45) is 5.11. The number of rotatable bonds is 3. The fraction of sp³-hybridized carbons (Fsp3) is 0.455. The third-order valence-corrected chi connectivity index (χ3v) is 2.28. The summed E-state index contributed by atoms with van der Waals surface area (Å²) in [7, 11) is 0. The molecular formula is C11H18N4O2. The van der Waals surface area contributed by atoms with Gasteiger partial charge in [-0.2, -0.15) is 0 Å². The second-order valence-corrected chi connectivity index (χ2v) is 3.55. The highest BCUT2D eigenvalue weighted by molar-refractivity contribution is 5.77. The van der Waals surface area contributed by atoms with Gasteiger partial charge >= 0.3 is 0 Å². The Labute approximate surface area is 98.9 Å². The normalized spacial score (nSPS) is 10.1. The van der Waals surface area contributed by atoms with Gasteiger partial charge in [0.15, 0.2) is 0 Å². The zero-order valence-electron chi connectivity index (χ0n) is 9.86. The van der Waals surface area contributed by atoms with E-state index < -0.39 is 0 Å². The van der Waals surface area contributed by atoms with Gasteiger partial charge in [-0.05, 0) is 6.42 Å². The summed E-state index contributed by atoms with van der Waals surface area (Å²) < 4.78 is 0. The van der Waals surface area contributed by atoms with Crippen LogP contribution in [0.15, 0.2) is 17.3 Å². The molecule has 0 atom stereocenters. The monoisotopic (exact) mass is 238 g/mol. The molecule has 0 fully saturated rings. The van der Waals surface area contributed by atoms with Crippen molar-refractivity contribution in [3.63, 3.8) is 0 Å². The zero-order chi connectivity index (χ0) is 12.7. The number of hydrogen-bond acceptors (Lipinski definition) is 4. The first-order valence-corrected chi connectivity index (χ1v) is 5.59. The molecule has 0 aliphatic carbocycles. The van der Waals surface area contributed by atoms with Crippen LogP contribution >= 0.6 is 0 Å². The number of unbranched alkanes of at least 4 members (excludes halogenated alkanes) is 1. The second-order valence-electron chi connectivity index (χ2n) is 3.55. The molecule has 0 aliphatic heterocycles. The predicted octanol–water partition coefficient (Wildman–Crippen LogP) is 0.489. The summed E-state index contributed by atoms with van der Waals surface area (Å²) in [5, 5.41) is 8.07. The number of nitrogens with one attached hydrogen (secondary N) is 2. The van der Waals surface area contributed by atoms with Gasteiger partial charge in [0, 0.05) is 24.9 Å². The third-order valence-electron chi connectivity index (χ3n) is 2.28. The van der Waals surface area contributed by atoms with E-state index in [0.717, 1.165) is 18.4 Å². The van der Waals surface area contributed by atoms with Crippen LogP contribution < -0.4 is 11.3 Å². The number of H-pyrrole nitrogens is 2. The van der Waals surface area contributed by atoms with Crippen molar-refractivity contribution < 1.29 is 5.11 Å². The maximum absolute atomic E-state index is 11.1. The second kappa shape index (κ2) is 6.82. The van der Waals surface area contributed by atoms with Crippen molar-refractivity contribution in [2.24, 2.45) is 5.73 Å². The number of fused-ring (bicyclic) bond motifs is 1. The smallest absolute Gasteiger partial charge is 0.275 e. The van der Waals surface area contributed by atoms with Crippen molar-refractivity contribution in [3.8, 4) is 0 Å². The first kappa shape index (κ1) is 13.4. The number of nitrogens with two attached hydrogens (primary N) is 1. The van der Waals surface area contributed by atoms with E-state index in [1.54, 1.807) is 6.20 Å². The number of aromatic nitrogens is 3. The van der Waals surface area contributed by atoms with Crippen LogP contribution in [-0.4, -0.2) is 26.7 Å². The van der Waals surface area contributed by atoms with E-state index in [-0.39, 0.29) is 5.56 Å². The van der Waals surface area contributed by atoms with E-state index >= 15 is 0 Å². The average Bonchev–Trinajstić information content (AvgIpc) is 2.75. The first-order chi connectivity index (χ1) is 8.24. The summed E-state index contributed by atoms with van der Waals surface area (Å²) in [6.45, 7) is 2.78. The summed E-state index contributed by atoms with van der Waals surface area (Å²) >= 11 is 0. The predicted molar refractivity (Wildman–Crippen MR) is 66.6 cm³/mol. The van der Waals surface area contributed by atoms with E-state index in [4.69, 9.17) is 10.8 Å². The molecule has 0 spiro atoms. The lowest BCUT2D eigenvalue weighted by molar-refractivity contribution is 0.287. The number of aromatic amines is 2. The lowest BCUT2D eigenvalue weighted by atomic mass is 10.3. The van der Waals surface area contributed by atoms with Crippen LogP contribution in [0.1, 0.15) is 25.3 Å². The van der Waals surface area contributed by atoms with Crippen LogP contribution in [0.5, 0.6) is 0 Å². The average molecular weight is 238 g/mol. The highest BCUT2D eigenvalue weighted by atomic mass is 16.2. The van der Waals surface area contributed by atoms with Crippen LogP contribution in [0.25, 0.3) is 11.0 Å². The van der Waals surface area contributed by atoms with Crippen molar-refractivity contribution in [2.45, 2.75) is 26.3 Å². The molecule has 0 unspecified atom stereocenters. The molecule has 0 saturated carbocycles. The summed E-state index contributed by atoms with van der Waals surface area (Å²) in [5.41, 5.74) is 7.27. The van der Waals surface area contributed by atoms with Crippen molar-refractivity contribution >= 4 is 11.0 Å². The van der Waals surface area contributed by atoms with Crippen LogP contribution in [0.3, 0.4) is 0 Å². The Balaban J connectivity index is 0.000000249. The number of aliphatic hydroxyl groups excluding tert-OH is 1. The molecule has 6 heteroatoms. The Kier molecular flexibility index (Phi) is 5.38. The fourth-order valence-electron chi connectivity index (χ4n) is 1.32. The molecule has 0 amide bonds. The van der Waals surface area contributed by atoms with Gasteiger partial charge in [0.1, 0.15) is 5.52 Å². The van der Waals surface area contributed by atoms with Crippen LogP contribution in [-0.2, 0) is 6.54 Å². The molecule has 0 bridgehead atoms. The molecule has 2 aromatic heterocycles. The molecule has 2 rings (SSSR count). The van der Waals surface area contributed by atoms with Crippen LogP contribution in [0, 0.1) is 0 Å². The van der Waals surface area contributed by atoms with Gasteiger partial charge in [0.05, 0.1) is 11.8 Å². The molecular weight excluding hydrogens is 220 g/mol. The zero-order valence-corrected chi connectivity index (χ0v) is 9.86. The van der Waals surface area contributed by atoms with Gasteiger partial charge in [-0.3, -0.25) is 4.79 Å². The minimum absolute atomic E-state index is 0.167. The molecule has 0 aliphatic rings. The van der Waals surface area contributed by atoms with E-state index in [9.17, 15) is 4.79 Å². The van der Waals surface area contributed by atoms with Crippen molar-refractivity contribution in [1.29, 1.82) is 0 Å². The summed E-state index contributed by atoms with van der Waals surface area (Å²) in [6, 6.07) is 0. The molecule has 94 valence electrons. The van der Waals surface area contributed by atoms with E-state index in [2.05, 4.69) is 21.9 Å². The van der Waals surface area contributed by atoms with E-state index in [1.165, 1.54) is 6.33 Å². The van der Waals surface area contributed by atoms with Gasteiger partial charge in [-0.15, -0.1) is 0 Å². The Hall–Kier alpha value is -1.66. The minimum Gasteiger partial charge on any atom is -0.396 e. The van der Waals surface area contributed by atoms with Crippen molar-refractivity contribution in [3.05, 3.63) is 28.4 Å². The minimum atomic E-state index is -0.167. The maximum Gasteiger partial charge on any atom is 0.275 e. The molecule has 17 heavy (non-hydrogen) atoms. The molecule has 6 nitrogen and oxygen atoms in total. The van der Waals surface area contributed by atoms with Gasteiger partial charge in [0.2, 0.25) is 0 Å². The Morgan fingerprint density at radius 1 is 1.47 bits per heavy atom. The van der Waals surface area contributed by atoms with Crippen molar-refractivity contribution in [1.82, 2.24) is 15.0 Å². The standard InChI is InChI=1S/C7H8N4O.C4H10O/c8-1-4-2-9-6-5(4)10-3-11-7(6)12;1-2-3-4-5/h2-3,9H,1,8H2,(H,10,11,12);5H,2-4H2,1H3. The number of hydrogen-bond donors (Lipinski definition) is 4. The quantitative estimate of drug-likeness (QED) is 0.624. The maximum atomic E-state index is 11.1. The van der Waals surface area contributed by atoms with Crippen molar-refractivity contribution in [2.75, 3.05) is 6.61 Å². The lowest BCUT2D eigenvalue weighted by Crippen LogP contribution is -2.06. The fourth-order valence-corrected chi connectivity index (χ4v) is 1.32. The topological polar surface area (TPSA) is 108 Å². The largest absolute Gasteiger partial charge is 0.396 e. The number of aliphatic hydroxyl groups is 1. The highest BCUT2D eigenvalue weighted by Crippen LogP contribution is 2.09. The Bertz CT molecular complexity index is 501. The summed E-state index contributed by atoms with van der Waals surface area (Å²) in [4.78, 5) is 20.4.